The first-order valence-electron chi connectivity index (χ1n) is 5.62. The van der Waals surface area contributed by atoms with Crippen molar-refractivity contribution in [2.24, 2.45) is 5.92 Å². The lowest BCUT2D eigenvalue weighted by atomic mass is 9.94. The molecular weight excluding hydrogens is 176 g/mol. The Labute approximate surface area is 85.3 Å². The lowest BCUT2D eigenvalue weighted by Gasteiger charge is -2.29. The summed E-state index contributed by atoms with van der Waals surface area (Å²) in [6.07, 6.45) is 5.51. The van der Waals surface area contributed by atoms with Crippen LogP contribution in [0, 0.1) is 17.2 Å². The molecule has 3 nitrogen and oxygen atoms in total. The third-order valence-electron chi connectivity index (χ3n) is 3.71. The van der Waals surface area contributed by atoms with E-state index >= 15 is 0 Å². The van der Waals surface area contributed by atoms with Crippen LogP contribution in [0.25, 0.3) is 0 Å². The highest BCUT2D eigenvalue weighted by molar-refractivity contribution is 4.94. The average Bonchev–Trinajstić information content (AvgIpc) is 2.74. The molecule has 0 bridgehead atoms. The van der Waals surface area contributed by atoms with Crippen LogP contribution in [0.15, 0.2) is 0 Å². The molecule has 3 heteroatoms. The first-order chi connectivity index (χ1) is 6.83. The van der Waals surface area contributed by atoms with Crippen molar-refractivity contribution in [3.63, 3.8) is 0 Å². The fraction of sp³-hybridized carbons (Fsp3) is 0.909. The Bertz CT molecular complexity index is 236. The maximum atomic E-state index is 9.83. The summed E-state index contributed by atoms with van der Waals surface area (Å²) < 4.78 is 0. The Kier molecular flexibility index (Phi) is 3.05. The van der Waals surface area contributed by atoms with Gasteiger partial charge in [0.25, 0.3) is 0 Å². The van der Waals surface area contributed by atoms with Gasteiger partial charge in [0.2, 0.25) is 0 Å². The van der Waals surface area contributed by atoms with Gasteiger partial charge < -0.3 is 5.11 Å². The van der Waals surface area contributed by atoms with Gasteiger partial charge in [-0.05, 0) is 32.2 Å². The van der Waals surface area contributed by atoms with Gasteiger partial charge in [-0.25, -0.2) is 0 Å². The van der Waals surface area contributed by atoms with E-state index in [0.717, 1.165) is 25.8 Å². The summed E-state index contributed by atoms with van der Waals surface area (Å²) in [6, 6.07) is 2.70. The van der Waals surface area contributed by atoms with E-state index in [2.05, 4.69) is 11.0 Å². The normalized spacial score (nSPS) is 38.7. The summed E-state index contributed by atoms with van der Waals surface area (Å²) in [5.41, 5.74) is 0. The molecule has 1 N–H and O–H groups in total. The summed E-state index contributed by atoms with van der Waals surface area (Å²) in [5, 5.41) is 18.5. The Morgan fingerprint density at radius 3 is 2.79 bits per heavy atom. The maximum absolute atomic E-state index is 9.83. The molecule has 0 aromatic rings. The van der Waals surface area contributed by atoms with Gasteiger partial charge in [0, 0.05) is 12.0 Å². The van der Waals surface area contributed by atoms with Gasteiger partial charge in [0.1, 0.15) is 0 Å². The predicted octanol–water partition coefficient (Wildman–Crippen LogP) is 1.14. The van der Waals surface area contributed by atoms with Gasteiger partial charge in [0.05, 0.1) is 18.7 Å². The van der Waals surface area contributed by atoms with Crippen molar-refractivity contribution in [2.45, 2.75) is 44.2 Å². The second kappa shape index (κ2) is 4.29. The van der Waals surface area contributed by atoms with Crippen LogP contribution in [0.2, 0.25) is 0 Å². The number of nitrogens with zero attached hydrogens (tertiary/aromatic N) is 2. The van der Waals surface area contributed by atoms with Gasteiger partial charge >= 0.3 is 0 Å². The number of rotatable bonds is 2. The van der Waals surface area contributed by atoms with Crippen molar-refractivity contribution in [3.8, 4) is 6.07 Å². The molecule has 1 aliphatic carbocycles. The monoisotopic (exact) mass is 194 g/mol. The quantitative estimate of drug-likeness (QED) is 0.670. The summed E-state index contributed by atoms with van der Waals surface area (Å²) in [5.74, 6) is 0.436. The highest BCUT2D eigenvalue weighted by atomic mass is 16.3. The molecule has 78 valence electrons. The Morgan fingerprint density at radius 2 is 2.14 bits per heavy atom. The molecule has 1 heterocycles. The molecule has 2 rings (SSSR count). The molecule has 1 saturated heterocycles. The van der Waals surface area contributed by atoms with Crippen LogP contribution in [-0.4, -0.2) is 35.2 Å². The molecule has 3 atom stereocenters. The van der Waals surface area contributed by atoms with Gasteiger partial charge in [-0.1, -0.05) is 6.42 Å². The largest absolute Gasteiger partial charge is 0.393 e. The molecule has 0 spiro atoms. The smallest absolute Gasteiger partial charge is 0.0868 e. The fourth-order valence-corrected chi connectivity index (χ4v) is 3.04. The number of likely N-dealkylation sites (tertiary alicyclic amines) is 1. The van der Waals surface area contributed by atoms with Gasteiger partial charge in [-0.3, -0.25) is 4.90 Å². The zero-order chi connectivity index (χ0) is 9.97. The molecule has 3 unspecified atom stereocenters. The number of hydrogen-bond acceptors (Lipinski definition) is 3. The molecule has 0 aromatic carbocycles. The lowest BCUT2D eigenvalue weighted by Crippen LogP contribution is -2.39. The van der Waals surface area contributed by atoms with Crippen molar-refractivity contribution in [3.05, 3.63) is 0 Å². The molecule has 1 saturated carbocycles. The van der Waals surface area contributed by atoms with E-state index in [-0.39, 0.29) is 6.10 Å². The number of nitriles is 1. The van der Waals surface area contributed by atoms with E-state index in [9.17, 15) is 5.11 Å². The van der Waals surface area contributed by atoms with Crippen LogP contribution < -0.4 is 0 Å². The van der Waals surface area contributed by atoms with E-state index in [4.69, 9.17) is 5.26 Å². The van der Waals surface area contributed by atoms with Crippen molar-refractivity contribution in [2.75, 3.05) is 13.1 Å². The number of aliphatic hydroxyl groups excluding tert-OH is 1. The van der Waals surface area contributed by atoms with Crippen molar-refractivity contribution < 1.29 is 5.11 Å². The van der Waals surface area contributed by atoms with E-state index in [1.54, 1.807) is 0 Å². The topological polar surface area (TPSA) is 47.3 Å². The first-order valence-corrected chi connectivity index (χ1v) is 5.62. The van der Waals surface area contributed by atoms with Gasteiger partial charge in [-0.2, -0.15) is 5.26 Å². The maximum Gasteiger partial charge on any atom is 0.0868 e. The SMILES string of the molecule is N#CCN1CCCC1C1CCCC1O. The third kappa shape index (κ3) is 1.77. The standard InChI is InChI=1S/C11H18N2O/c12-6-8-13-7-2-4-10(13)9-3-1-5-11(9)14/h9-11,14H,1-5,7-8H2. The minimum Gasteiger partial charge on any atom is -0.393 e. The summed E-state index contributed by atoms with van der Waals surface area (Å²) in [6.45, 7) is 1.58. The molecule has 0 amide bonds. The van der Waals surface area contributed by atoms with Crippen LogP contribution in [-0.2, 0) is 0 Å². The van der Waals surface area contributed by atoms with E-state index in [0.29, 0.717) is 18.5 Å². The molecule has 1 aliphatic heterocycles. The van der Waals surface area contributed by atoms with Crippen molar-refractivity contribution >= 4 is 0 Å². The zero-order valence-corrected chi connectivity index (χ0v) is 8.52. The Morgan fingerprint density at radius 1 is 1.29 bits per heavy atom. The van der Waals surface area contributed by atoms with E-state index < -0.39 is 0 Å². The van der Waals surface area contributed by atoms with Crippen LogP contribution in [0.3, 0.4) is 0 Å². The van der Waals surface area contributed by atoms with Gasteiger partial charge in [-0.15, -0.1) is 0 Å². The Hall–Kier alpha value is -0.590. The lowest BCUT2D eigenvalue weighted by molar-refractivity contribution is 0.0795. The summed E-state index contributed by atoms with van der Waals surface area (Å²) in [7, 11) is 0. The van der Waals surface area contributed by atoms with E-state index in [1.807, 2.05) is 0 Å². The molecule has 0 radical (unpaired) electrons. The predicted molar refractivity (Wildman–Crippen MR) is 53.6 cm³/mol. The molecule has 2 fully saturated rings. The molecular formula is C11H18N2O. The average molecular weight is 194 g/mol. The Balaban J connectivity index is 1.98. The van der Waals surface area contributed by atoms with Crippen molar-refractivity contribution in [1.82, 2.24) is 4.90 Å². The summed E-state index contributed by atoms with van der Waals surface area (Å²) in [4.78, 5) is 2.25. The van der Waals surface area contributed by atoms with Gasteiger partial charge in [0.15, 0.2) is 0 Å². The second-order valence-electron chi connectivity index (χ2n) is 4.50. The molecule has 0 aromatic heterocycles. The zero-order valence-electron chi connectivity index (χ0n) is 8.52. The van der Waals surface area contributed by atoms with Crippen molar-refractivity contribution in [1.29, 1.82) is 5.26 Å². The van der Waals surface area contributed by atoms with E-state index in [1.165, 1.54) is 12.8 Å². The minimum atomic E-state index is -0.112. The molecule has 2 aliphatic rings. The van der Waals surface area contributed by atoms with Crippen LogP contribution in [0.1, 0.15) is 32.1 Å². The van der Waals surface area contributed by atoms with Crippen LogP contribution in [0.5, 0.6) is 0 Å². The second-order valence-corrected chi connectivity index (χ2v) is 4.50. The highest BCUT2D eigenvalue weighted by Crippen LogP contribution is 2.35. The minimum absolute atomic E-state index is 0.112. The van der Waals surface area contributed by atoms with Crippen LogP contribution >= 0.6 is 0 Å². The number of aliphatic hydroxyl groups is 1. The highest BCUT2D eigenvalue weighted by Gasteiger charge is 2.37. The fourth-order valence-electron chi connectivity index (χ4n) is 3.04. The van der Waals surface area contributed by atoms with Crippen LogP contribution in [0.4, 0.5) is 0 Å². The summed E-state index contributed by atoms with van der Waals surface area (Å²) >= 11 is 0. The number of hydrogen-bond donors (Lipinski definition) is 1. The molecule has 14 heavy (non-hydrogen) atoms. The third-order valence-corrected chi connectivity index (χ3v) is 3.71. The first kappa shape index (κ1) is 9.95.